The summed E-state index contributed by atoms with van der Waals surface area (Å²) in [7, 11) is 1.83. The molecule has 3 heteroatoms. The Morgan fingerprint density at radius 2 is 1.58 bits per heavy atom. The summed E-state index contributed by atoms with van der Waals surface area (Å²) in [5.41, 5.74) is -0.155. The van der Waals surface area contributed by atoms with Gasteiger partial charge >= 0.3 is 6.09 Å². The molecule has 0 aromatic carbocycles. The molecule has 1 heterocycles. The maximum absolute atomic E-state index is 11.5. The lowest BCUT2D eigenvalue weighted by molar-refractivity contribution is 0.106. The van der Waals surface area contributed by atoms with Crippen molar-refractivity contribution in [3.05, 3.63) is 0 Å². The lowest BCUT2D eigenvalue weighted by Crippen LogP contribution is -2.43. The summed E-state index contributed by atoms with van der Waals surface area (Å²) in [4.78, 5) is 13.3. The molecule has 1 fully saturated rings. The molecule has 1 aliphatic rings. The summed E-state index contributed by atoms with van der Waals surface area (Å²) < 4.78 is 5.44. The molecule has 1 saturated heterocycles. The van der Waals surface area contributed by atoms with Gasteiger partial charge in [-0.15, -0.1) is 0 Å². The molecule has 1 aliphatic heterocycles. The molecular formula is C16H31NO2. The highest BCUT2D eigenvalue weighted by Crippen LogP contribution is 2.31. The van der Waals surface area contributed by atoms with E-state index in [-0.39, 0.29) is 17.7 Å². The van der Waals surface area contributed by atoms with Crippen molar-refractivity contribution in [3.8, 4) is 0 Å². The lowest BCUT2D eigenvalue weighted by Gasteiger charge is -2.29. The average Bonchev–Trinajstić information content (AvgIpc) is 2.56. The van der Waals surface area contributed by atoms with Gasteiger partial charge in [0.05, 0.1) is 5.54 Å². The molecule has 1 rings (SSSR count). The standard InChI is InChI=1S/C16H31NO2/c1-5-6-7-8-9-10-11-12-13-14-16(2,3)17(4)15(18)19-14/h14H,5-13H2,1-4H3. The van der Waals surface area contributed by atoms with E-state index in [1.54, 1.807) is 4.90 Å². The Labute approximate surface area is 118 Å². The third-order valence-corrected chi connectivity index (χ3v) is 4.49. The van der Waals surface area contributed by atoms with Crippen LogP contribution in [0.15, 0.2) is 0 Å². The van der Waals surface area contributed by atoms with Crippen molar-refractivity contribution in [3.63, 3.8) is 0 Å². The minimum absolute atomic E-state index is 0.0603. The number of likely N-dealkylation sites (N-methyl/N-ethyl adjacent to an activating group) is 1. The molecule has 112 valence electrons. The first-order valence-corrected chi connectivity index (χ1v) is 7.94. The molecular weight excluding hydrogens is 238 g/mol. The first-order valence-electron chi connectivity index (χ1n) is 7.94. The maximum atomic E-state index is 11.5. The van der Waals surface area contributed by atoms with Gasteiger partial charge < -0.3 is 9.64 Å². The zero-order valence-corrected chi connectivity index (χ0v) is 13.2. The van der Waals surface area contributed by atoms with Gasteiger partial charge in [-0.1, -0.05) is 51.9 Å². The van der Waals surface area contributed by atoms with E-state index < -0.39 is 0 Å². The Morgan fingerprint density at radius 3 is 2.05 bits per heavy atom. The van der Waals surface area contributed by atoms with Crippen LogP contribution < -0.4 is 0 Å². The number of cyclic esters (lactones) is 1. The third kappa shape index (κ3) is 4.70. The predicted octanol–water partition coefficient (Wildman–Crippen LogP) is 4.75. The van der Waals surface area contributed by atoms with E-state index in [1.807, 2.05) is 7.05 Å². The molecule has 0 aromatic rings. The van der Waals surface area contributed by atoms with Gasteiger partial charge in [-0.2, -0.15) is 0 Å². The summed E-state index contributed by atoms with van der Waals surface area (Å²) in [5, 5.41) is 0. The van der Waals surface area contributed by atoms with E-state index in [9.17, 15) is 4.79 Å². The monoisotopic (exact) mass is 269 g/mol. The van der Waals surface area contributed by atoms with Crippen LogP contribution in [0.3, 0.4) is 0 Å². The Morgan fingerprint density at radius 1 is 1.05 bits per heavy atom. The second-order valence-corrected chi connectivity index (χ2v) is 6.35. The third-order valence-electron chi connectivity index (χ3n) is 4.49. The summed E-state index contributed by atoms with van der Waals surface area (Å²) in [6.07, 6.45) is 11.4. The first kappa shape index (κ1) is 16.3. The molecule has 1 atom stereocenters. The van der Waals surface area contributed by atoms with Crippen LogP contribution in [0.1, 0.15) is 78.6 Å². The van der Waals surface area contributed by atoms with Crippen LogP contribution in [0.2, 0.25) is 0 Å². The minimum atomic E-state index is -0.172. The number of carbonyl (C=O) groups excluding carboxylic acids is 1. The molecule has 0 spiro atoms. The number of rotatable bonds is 9. The summed E-state index contributed by atoms with van der Waals surface area (Å²) in [5.74, 6) is 0. The number of hydrogen-bond acceptors (Lipinski definition) is 2. The van der Waals surface area contributed by atoms with Crippen molar-refractivity contribution in [1.29, 1.82) is 0 Å². The fraction of sp³-hybridized carbons (Fsp3) is 0.938. The van der Waals surface area contributed by atoms with Crippen LogP contribution >= 0.6 is 0 Å². The molecule has 0 aromatic heterocycles. The maximum Gasteiger partial charge on any atom is 0.410 e. The predicted molar refractivity (Wildman–Crippen MR) is 79.3 cm³/mol. The highest BCUT2D eigenvalue weighted by molar-refractivity contribution is 5.71. The van der Waals surface area contributed by atoms with Crippen LogP contribution in [-0.4, -0.2) is 29.7 Å². The largest absolute Gasteiger partial charge is 0.444 e. The van der Waals surface area contributed by atoms with Crippen LogP contribution in [-0.2, 0) is 4.74 Å². The van der Waals surface area contributed by atoms with E-state index in [4.69, 9.17) is 4.74 Å². The number of hydrogen-bond donors (Lipinski definition) is 0. The second kappa shape index (κ2) is 7.76. The van der Waals surface area contributed by atoms with Crippen molar-refractivity contribution < 1.29 is 9.53 Å². The average molecular weight is 269 g/mol. The van der Waals surface area contributed by atoms with Crippen LogP contribution in [0.5, 0.6) is 0 Å². The Kier molecular flexibility index (Phi) is 6.67. The van der Waals surface area contributed by atoms with Crippen molar-refractivity contribution in [2.45, 2.75) is 90.2 Å². The van der Waals surface area contributed by atoms with Crippen LogP contribution in [0.4, 0.5) is 4.79 Å². The second-order valence-electron chi connectivity index (χ2n) is 6.35. The molecule has 0 bridgehead atoms. The van der Waals surface area contributed by atoms with Gasteiger partial charge in [0.2, 0.25) is 0 Å². The molecule has 3 nitrogen and oxygen atoms in total. The fourth-order valence-corrected chi connectivity index (χ4v) is 2.67. The van der Waals surface area contributed by atoms with Gasteiger partial charge in [0.15, 0.2) is 0 Å². The molecule has 0 saturated carbocycles. The first-order chi connectivity index (χ1) is 9.00. The highest BCUT2D eigenvalue weighted by Gasteiger charge is 2.45. The molecule has 1 amide bonds. The van der Waals surface area contributed by atoms with E-state index in [0.717, 1.165) is 6.42 Å². The van der Waals surface area contributed by atoms with Gasteiger partial charge in [-0.25, -0.2) is 4.79 Å². The van der Waals surface area contributed by atoms with Gasteiger partial charge in [-0.3, -0.25) is 0 Å². The van der Waals surface area contributed by atoms with Gasteiger partial charge in [0, 0.05) is 7.05 Å². The van der Waals surface area contributed by atoms with Gasteiger partial charge in [0.1, 0.15) is 6.10 Å². The molecule has 0 aliphatic carbocycles. The summed E-state index contributed by atoms with van der Waals surface area (Å²) in [6, 6.07) is 0. The SMILES string of the molecule is CCCCCCCCCCC1OC(=O)N(C)C1(C)C. The zero-order chi connectivity index (χ0) is 14.3. The van der Waals surface area contributed by atoms with Crippen LogP contribution in [0.25, 0.3) is 0 Å². The lowest BCUT2D eigenvalue weighted by atomic mass is 9.92. The van der Waals surface area contributed by atoms with Crippen molar-refractivity contribution >= 4 is 6.09 Å². The van der Waals surface area contributed by atoms with Crippen molar-refractivity contribution in [2.75, 3.05) is 7.05 Å². The normalized spacial score (nSPS) is 21.8. The Bertz CT molecular complexity index is 276. The number of amides is 1. The molecule has 0 N–H and O–H groups in total. The van der Waals surface area contributed by atoms with E-state index in [2.05, 4.69) is 20.8 Å². The smallest absolute Gasteiger partial charge is 0.410 e. The number of carbonyl (C=O) groups is 1. The van der Waals surface area contributed by atoms with Gasteiger partial charge in [0.25, 0.3) is 0 Å². The number of ether oxygens (including phenoxy) is 1. The van der Waals surface area contributed by atoms with E-state index in [0.29, 0.717) is 0 Å². The summed E-state index contributed by atoms with van der Waals surface area (Å²) in [6.45, 7) is 6.43. The minimum Gasteiger partial charge on any atom is -0.444 e. The highest BCUT2D eigenvalue weighted by atomic mass is 16.6. The molecule has 19 heavy (non-hydrogen) atoms. The van der Waals surface area contributed by atoms with Gasteiger partial charge in [-0.05, 0) is 26.7 Å². The van der Waals surface area contributed by atoms with E-state index >= 15 is 0 Å². The topological polar surface area (TPSA) is 29.5 Å². The Balaban J connectivity index is 2.08. The Hall–Kier alpha value is -0.730. The summed E-state index contributed by atoms with van der Waals surface area (Å²) >= 11 is 0. The van der Waals surface area contributed by atoms with Crippen molar-refractivity contribution in [1.82, 2.24) is 4.90 Å². The van der Waals surface area contributed by atoms with Crippen molar-refractivity contribution in [2.24, 2.45) is 0 Å². The fourth-order valence-electron chi connectivity index (χ4n) is 2.67. The zero-order valence-electron chi connectivity index (χ0n) is 13.2. The molecule has 0 radical (unpaired) electrons. The van der Waals surface area contributed by atoms with E-state index in [1.165, 1.54) is 51.4 Å². The number of unbranched alkanes of at least 4 members (excludes halogenated alkanes) is 7. The quantitative estimate of drug-likeness (QED) is 0.565. The molecule has 1 unspecified atom stereocenters. The van der Waals surface area contributed by atoms with Crippen LogP contribution in [0, 0.1) is 0 Å². The number of nitrogens with zero attached hydrogens (tertiary/aromatic N) is 1.